The number of carbonyl (C=O) groups excluding carboxylic acids is 2. The van der Waals surface area contributed by atoms with Crippen molar-refractivity contribution in [1.29, 1.82) is 0 Å². The number of para-hydroxylation sites is 1. The molecule has 2 aliphatic heterocycles. The number of nitrogens with one attached hydrogen (secondary N) is 1. The highest BCUT2D eigenvalue weighted by Crippen LogP contribution is 2.22. The van der Waals surface area contributed by atoms with Gasteiger partial charge in [0, 0.05) is 64.0 Å². The van der Waals surface area contributed by atoms with E-state index in [1.807, 2.05) is 44.2 Å². The van der Waals surface area contributed by atoms with Gasteiger partial charge >= 0.3 is 6.03 Å². The minimum absolute atomic E-state index is 0.0722. The van der Waals surface area contributed by atoms with Gasteiger partial charge in [0.2, 0.25) is 5.91 Å². The molecule has 2 fully saturated rings. The lowest BCUT2D eigenvalue weighted by molar-refractivity contribution is -0.138. The fraction of sp³-hybridized carbons (Fsp3) is 0.619. The summed E-state index contributed by atoms with van der Waals surface area (Å²) in [5.41, 5.74) is 0.753. The van der Waals surface area contributed by atoms with Crippen LogP contribution in [0.3, 0.4) is 0 Å². The van der Waals surface area contributed by atoms with Crippen molar-refractivity contribution in [2.45, 2.75) is 26.7 Å². The summed E-state index contributed by atoms with van der Waals surface area (Å²) >= 11 is 0. The fourth-order valence-electron chi connectivity index (χ4n) is 4.16. The van der Waals surface area contributed by atoms with Crippen molar-refractivity contribution >= 4 is 27.8 Å². The molecule has 31 heavy (non-hydrogen) atoms. The average molecular weight is 452 g/mol. The van der Waals surface area contributed by atoms with Crippen LogP contribution in [0.2, 0.25) is 0 Å². The minimum Gasteiger partial charge on any atom is -0.340 e. The molecule has 3 rings (SSSR count). The number of urea groups is 1. The summed E-state index contributed by atoms with van der Waals surface area (Å²) in [6.07, 6.45) is 1.25. The molecule has 1 aromatic carbocycles. The number of benzene rings is 1. The van der Waals surface area contributed by atoms with E-state index in [4.69, 9.17) is 0 Å². The maximum absolute atomic E-state index is 13.0. The zero-order valence-corrected chi connectivity index (χ0v) is 19.2. The number of anilines is 1. The van der Waals surface area contributed by atoms with E-state index < -0.39 is 10.2 Å². The lowest BCUT2D eigenvalue weighted by Gasteiger charge is -2.39. The average Bonchev–Trinajstić information content (AvgIpc) is 2.80. The van der Waals surface area contributed by atoms with Crippen molar-refractivity contribution in [3.05, 3.63) is 30.3 Å². The Morgan fingerprint density at radius 3 is 2.06 bits per heavy atom. The first kappa shape index (κ1) is 23.5. The molecule has 9 nitrogen and oxygen atoms in total. The van der Waals surface area contributed by atoms with E-state index in [0.717, 1.165) is 5.69 Å². The predicted octanol–water partition coefficient (Wildman–Crippen LogP) is 1.66. The summed E-state index contributed by atoms with van der Waals surface area (Å²) in [5, 5.41) is 2.88. The van der Waals surface area contributed by atoms with Gasteiger partial charge in [-0.2, -0.15) is 17.0 Å². The number of piperazine rings is 1. The van der Waals surface area contributed by atoms with Crippen molar-refractivity contribution in [1.82, 2.24) is 18.4 Å². The maximum Gasteiger partial charge on any atom is 0.321 e. The van der Waals surface area contributed by atoms with Crippen LogP contribution in [0.1, 0.15) is 26.7 Å². The van der Waals surface area contributed by atoms with Crippen molar-refractivity contribution < 1.29 is 18.0 Å². The Kier molecular flexibility index (Phi) is 7.90. The lowest BCUT2D eigenvalue weighted by Crippen LogP contribution is -2.55. The van der Waals surface area contributed by atoms with Gasteiger partial charge in [-0.25, -0.2) is 4.79 Å². The van der Waals surface area contributed by atoms with Crippen LogP contribution in [-0.4, -0.2) is 91.1 Å². The summed E-state index contributed by atoms with van der Waals surface area (Å²) in [7, 11) is -3.46. The zero-order valence-electron chi connectivity index (χ0n) is 18.4. The molecule has 1 N–H and O–H groups in total. The molecule has 0 aromatic heterocycles. The first-order chi connectivity index (χ1) is 14.9. The molecule has 0 radical (unpaired) electrons. The van der Waals surface area contributed by atoms with Gasteiger partial charge in [-0.05, 0) is 25.0 Å². The van der Waals surface area contributed by atoms with Crippen LogP contribution in [0.4, 0.5) is 10.5 Å². The predicted molar refractivity (Wildman–Crippen MR) is 120 cm³/mol. The van der Waals surface area contributed by atoms with Crippen molar-refractivity contribution in [3.63, 3.8) is 0 Å². The van der Waals surface area contributed by atoms with Gasteiger partial charge in [0.25, 0.3) is 10.2 Å². The van der Waals surface area contributed by atoms with Crippen molar-refractivity contribution in [3.8, 4) is 0 Å². The van der Waals surface area contributed by atoms with Crippen LogP contribution in [0, 0.1) is 5.92 Å². The highest BCUT2D eigenvalue weighted by Gasteiger charge is 2.35. The van der Waals surface area contributed by atoms with Crippen LogP contribution >= 0.6 is 0 Å². The highest BCUT2D eigenvalue weighted by molar-refractivity contribution is 7.86. The fourth-order valence-corrected chi connectivity index (χ4v) is 5.77. The summed E-state index contributed by atoms with van der Waals surface area (Å²) in [4.78, 5) is 28.9. The van der Waals surface area contributed by atoms with Gasteiger partial charge in [-0.3, -0.25) is 4.79 Å². The first-order valence-electron chi connectivity index (χ1n) is 11.0. The molecule has 0 aliphatic carbocycles. The third-order valence-corrected chi connectivity index (χ3v) is 8.25. The van der Waals surface area contributed by atoms with E-state index in [-0.39, 0.29) is 17.9 Å². The molecule has 2 saturated heterocycles. The number of amides is 3. The smallest absolute Gasteiger partial charge is 0.321 e. The molecule has 1 aromatic rings. The number of nitrogens with zero attached hydrogens (tertiary/aromatic N) is 4. The standard InChI is InChI=1S/C21H33N5O4S/c1-3-25(4-2)31(29,30)26-16-14-23(15-17-26)20(27)18-10-12-24(13-11-18)21(28)22-19-8-6-5-7-9-19/h5-9,18H,3-4,10-17H2,1-2H3,(H,22,28). The third-order valence-electron chi connectivity index (χ3n) is 6.06. The number of piperidine rings is 1. The van der Waals surface area contributed by atoms with Crippen LogP contribution in [0.15, 0.2) is 30.3 Å². The zero-order chi connectivity index (χ0) is 22.4. The van der Waals surface area contributed by atoms with E-state index in [2.05, 4.69) is 5.32 Å². The quantitative estimate of drug-likeness (QED) is 0.712. The number of likely N-dealkylation sites (tertiary alicyclic amines) is 1. The highest BCUT2D eigenvalue weighted by atomic mass is 32.2. The second kappa shape index (κ2) is 10.4. The Morgan fingerprint density at radius 2 is 1.52 bits per heavy atom. The lowest BCUT2D eigenvalue weighted by atomic mass is 9.95. The molecule has 3 amide bonds. The van der Waals surface area contributed by atoms with E-state index in [1.54, 1.807) is 9.80 Å². The van der Waals surface area contributed by atoms with E-state index >= 15 is 0 Å². The molecular formula is C21H33N5O4S. The van der Waals surface area contributed by atoms with Gasteiger partial charge < -0.3 is 15.1 Å². The van der Waals surface area contributed by atoms with Gasteiger partial charge in [-0.15, -0.1) is 0 Å². The van der Waals surface area contributed by atoms with Crippen LogP contribution in [0.5, 0.6) is 0 Å². The van der Waals surface area contributed by atoms with Gasteiger partial charge in [0.05, 0.1) is 0 Å². The monoisotopic (exact) mass is 451 g/mol. The summed E-state index contributed by atoms with van der Waals surface area (Å²) < 4.78 is 28.2. The molecule has 0 spiro atoms. The summed E-state index contributed by atoms with van der Waals surface area (Å²) in [5.74, 6) is -0.0466. The largest absolute Gasteiger partial charge is 0.340 e. The Morgan fingerprint density at radius 1 is 0.935 bits per heavy atom. The number of rotatable bonds is 6. The Bertz CT molecular complexity index is 844. The number of carbonyl (C=O) groups is 2. The van der Waals surface area contributed by atoms with Crippen molar-refractivity contribution in [2.75, 3.05) is 57.7 Å². The second-order valence-electron chi connectivity index (χ2n) is 7.87. The third kappa shape index (κ3) is 5.55. The maximum atomic E-state index is 13.0. The molecule has 0 bridgehead atoms. The van der Waals surface area contributed by atoms with Gasteiger partial charge in [0.1, 0.15) is 0 Å². The van der Waals surface area contributed by atoms with E-state index in [1.165, 1.54) is 8.61 Å². The summed E-state index contributed by atoms with van der Waals surface area (Å²) in [6, 6.07) is 9.17. The molecule has 0 saturated carbocycles. The van der Waals surface area contributed by atoms with E-state index in [0.29, 0.717) is 65.2 Å². The molecular weight excluding hydrogens is 418 g/mol. The Hall–Kier alpha value is -2.17. The molecule has 10 heteroatoms. The SMILES string of the molecule is CCN(CC)S(=O)(=O)N1CCN(C(=O)C2CCN(C(=O)Nc3ccccc3)CC2)CC1. The molecule has 172 valence electrons. The van der Waals surface area contributed by atoms with Gasteiger partial charge in [-0.1, -0.05) is 32.0 Å². The molecule has 0 atom stereocenters. The summed E-state index contributed by atoms with van der Waals surface area (Å²) in [6.45, 7) is 7.06. The molecule has 2 aliphatic rings. The topological polar surface area (TPSA) is 93.3 Å². The van der Waals surface area contributed by atoms with Gasteiger partial charge in [0.15, 0.2) is 0 Å². The Labute approximate surface area is 185 Å². The number of hydrogen-bond donors (Lipinski definition) is 1. The van der Waals surface area contributed by atoms with Crippen LogP contribution in [0.25, 0.3) is 0 Å². The van der Waals surface area contributed by atoms with Crippen molar-refractivity contribution in [2.24, 2.45) is 5.92 Å². The molecule has 2 heterocycles. The van der Waals surface area contributed by atoms with Crippen LogP contribution in [-0.2, 0) is 15.0 Å². The Balaban J connectivity index is 1.47. The normalized spacial score (nSPS) is 18.9. The first-order valence-corrected chi connectivity index (χ1v) is 12.4. The number of hydrogen-bond acceptors (Lipinski definition) is 4. The van der Waals surface area contributed by atoms with Crippen LogP contribution < -0.4 is 5.32 Å². The minimum atomic E-state index is -3.46. The van der Waals surface area contributed by atoms with E-state index in [9.17, 15) is 18.0 Å². The molecule has 0 unspecified atom stereocenters. The second-order valence-corrected chi connectivity index (χ2v) is 9.80.